The summed E-state index contributed by atoms with van der Waals surface area (Å²) in [6.07, 6.45) is 0.885. The lowest BCUT2D eigenvalue weighted by Gasteiger charge is -2.27. The summed E-state index contributed by atoms with van der Waals surface area (Å²) < 4.78 is 11.9. The molecule has 38 heavy (non-hydrogen) atoms. The first-order valence-corrected chi connectivity index (χ1v) is 13.1. The third-order valence-electron chi connectivity index (χ3n) is 6.80. The van der Waals surface area contributed by atoms with Crippen molar-refractivity contribution in [2.24, 2.45) is 0 Å². The molecule has 0 bridgehead atoms. The molecule has 5 rings (SSSR count). The summed E-state index contributed by atoms with van der Waals surface area (Å²) in [6, 6.07) is 19.1. The Hall–Kier alpha value is -4.26. The van der Waals surface area contributed by atoms with Crippen LogP contribution >= 0.6 is 0 Å². The number of ether oxygens (including phenoxy) is 2. The van der Waals surface area contributed by atoms with Gasteiger partial charge in [-0.15, -0.1) is 0 Å². The smallest absolute Gasteiger partial charge is 0.273 e. The Morgan fingerprint density at radius 2 is 1.79 bits per heavy atom. The predicted octanol–water partition coefficient (Wildman–Crippen LogP) is 6.33. The van der Waals surface area contributed by atoms with E-state index in [2.05, 4.69) is 17.1 Å². The monoisotopic (exact) mass is 511 g/mol. The predicted molar refractivity (Wildman–Crippen MR) is 147 cm³/mol. The van der Waals surface area contributed by atoms with Crippen molar-refractivity contribution < 1.29 is 19.4 Å². The molecular weight excluding hydrogens is 478 g/mol. The van der Waals surface area contributed by atoms with E-state index >= 15 is 0 Å². The fourth-order valence-electron chi connectivity index (χ4n) is 5.22. The summed E-state index contributed by atoms with van der Waals surface area (Å²) in [5.41, 5.74) is 6.14. The Kier molecular flexibility index (Phi) is 7.09. The normalized spacial score (nSPS) is 14.6. The highest BCUT2D eigenvalue weighted by molar-refractivity contribution is 6.00. The van der Waals surface area contributed by atoms with Crippen molar-refractivity contribution in [3.8, 4) is 28.5 Å². The zero-order chi connectivity index (χ0) is 26.8. The number of aromatic amines is 1. The molecule has 0 fully saturated rings. The maximum atomic E-state index is 13.8. The molecule has 0 spiro atoms. The lowest BCUT2D eigenvalue weighted by atomic mass is 9.93. The minimum Gasteiger partial charge on any atom is -0.507 e. The molecule has 7 heteroatoms. The van der Waals surface area contributed by atoms with Gasteiger partial charge in [0.05, 0.1) is 19.3 Å². The molecule has 7 nitrogen and oxygen atoms in total. The van der Waals surface area contributed by atoms with Gasteiger partial charge in [0.2, 0.25) is 0 Å². The second-order valence-corrected chi connectivity index (χ2v) is 9.65. The van der Waals surface area contributed by atoms with Crippen molar-refractivity contribution in [3.05, 3.63) is 94.2 Å². The van der Waals surface area contributed by atoms with Gasteiger partial charge in [0.25, 0.3) is 5.91 Å². The van der Waals surface area contributed by atoms with Crippen LogP contribution in [-0.4, -0.2) is 39.3 Å². The van der Waals surface area contributed by atoms with Crippen LogP contribution in [0.15, 0.2) is 60.7 Å². The summed E-state index contributed by atoms with van der Waals surface area (Å²) in [5, 5.41) is 18.5. The molecular formula is C31H33N3O4. The van der Waals surface area contributed by atoms with Crippen LogP contribution in [0.25, 0.3) is 11.3 Å². The largest absolute Gasteiger partial charge is 0.507 e. The molecule has 3 aromatic carbocycles. The molecule has 2 N–H and O–H groups in total. The summed E-state index contributed by atoms with van der Waals surface area (Å²) >= 11 is 0. The van der Waals surface area contributed by atoms with E-state index in [1.54, 1.807) is 6.07 Å². The number of nitrogens with one attached hydrogen (secondary N) is 1. The van der Waals surface area contributed by atoms with Crippen molar-refractivity contribution in [2.45, 2.75) is 46.7 Å². The van der Waals surface area contributed by atoms with Gasteiger partial charge in [0, 0.05) is 17.7 Å². The molecule has 1 aliphatic rings. The van der Waals surface area contributed by atoms with Gasteiger partial charge in [-0.2, -0.15) is 5.10 Å². The molecule has 1 aliphatic heterocycles. The topological polar surface area (TPSA) is 87.7 Å². The highest BCUT2D eigenvalue weighted by Crippen LogP contribution is 2.47. The Labute approximate surface area is 223 Å². The van der Waals surface area contributed by atoms with Crippen molar-refractivity contribution >= 4 is 5.91 Å². The van der Waals surface area contributed by atoms with Gasteiger partial charge in [-0.3, -0.25) is 9.89 Å². The molecule has 196 valence electrons. The SMILES string of the molecule is CCCOc1ccc(C2c3c(-c4c(C)cc(C)cc4O)n[nH]c3C(=O)N2Cc2ccccc2)cc1OCC. The summed E-state index contributed by atoms with van der Waals surface area (Å²) in [5.74, 6) is 1.32. The highest BCUT2D eigenvalue weighted by Gasteiger charge is 2.43. The van der Waals surface area contributed by atoms with E-state index in [0.717, 1.165) is 34.2 Å². The number of H-pyrrole nitrogens is 1. The zero-order valence-electron chi connectivity index (χ0n) is 22.2. The Balaban J connectivity index is 1.68. The number of phenolic OH excluding ortho intramolecular Hbond substituents is 1. The van der Waals surface area contributed by atoms with Crippen LogP contribution in [0.5, 0.6) is 17.2 Å². The van der Waals surface area contributed by atoms with Gasteiger partial charge in [-0.1, -0.05) is 49.4 Å². The number of aromatic hydroxyl groups is 1. The summed E-state index contributed by atoms with van der Waals surface area (Å²) in [4.78, 5) is 15.7. The number of rotatable bonds is 9. The van der Waals surface area contributed by atoms with Gasteiger partial charge in [0.1, 0.15) is 17.1 Å². The number of carbonyl (C=O) groups is 1. The molecule has 2 heterocycles. The average Bonchev–Trinajstić information content (AvgIpc) is 3.42. The van der Waals surface area contributed by atoms with Crippen molar-refractivity contribution in [1.82, 2.24) is 15.1 Å². The van der Waals surface area contributed by atoms with Gasteiger partial charge in [-0.25, -0.2) is 0 Å². The standard InChI is InChI=1S/C31H33N3O4/c1-5-14-38-24-13-12-22(17-25(24)37-6-2)30-27-28(26-20(4)15-19(3)16-23(26)35)32-33-29(27)31(36)34(30)18-21-10-8-7-9-11-21/h7-13,15-17,30,35H,5-6,14,18H2,1-4H3,(H,32,33). The molecule has 0 saturated carbocycles. The first kappa shape index (κ1) is 25.4. The maximum absolute atomic E-state index is 13.8. The van der Waals surface area contributed by atoms with Crippen LogP contribution < -0.4 is 9.47 Å². The first-order chi connectivity index (χ1) is 18.4. The minimum atomic E-state index is -0.439. The first-order valence-electron chi connectivity index (χ1n) is 13.1. The fraction of sp³-hybridized carbons (Fsp3) is 0.290. The summed E-state index contributed by atoms with van der Waals surface area (Å²) in [7, 11) is 0. The van der Waals surface area contributed by atoms with E-state index in [1.165, 1.54) is 0 Å². The second-order valence-electron chi connectivity index (χ2n) is 9.65. The average molecular weight is 512 g/mol. The molecule has 0 radical (unpaired) electrons. The van der Waals surface area contributed by atoms with Crippen LogP contribution in [0.3, 0.4) is 0 Å². The number of amides is 1. The highest BCUT2D eigenvalue weighted by atomic mass is 16.5. The number of aromatic nitrogens is 2. The van der Waals surface area contributed by atoms with Gasteiger partial charge in [0.15, 0.2) is 11.5 Å². The Bertz CT molecular complexity index is 1440. The van der Waals surface area contributed by atoms with E-state index < -0.39 is 6.04 Å². The van der Waals surface area contributed by atoms with Crippen LogP contribution in [0.2, 0.25) is 0 Å². The van der Waals surface area contributed by atoms with Gasteiger partial charge >= 0.3 is 0 Å². The molecule has 1 unspecified atom stereocenters. The van der Waals surface area contributed by atoms with E-state index in [1.807, 2.05) is 80.3 Å². The molecule has 1 amide bonds. The van der Waals surface area contributed by atoms with E-state index in [4.69, 9.17) is 9.47 Å². The van der Waals surface area contributed by atoms with Gasteiger partial charge in [-0.05, 0) is 67.6 Å². The molecule has 0 saturated heterocycles. The summed E-state index contributed by atoms with van der Waals surface area (Å²) in [6.45, 7) is 9.38. The number of nitrogens with zero attached hydrogens (tertiary/aromatic N) is 2. The number of aryl methyl sites for hydroxylation is 2. The maximum Gasteiger partial charge on any atom is 0.273 e. The lowest BCUT2D eigenvalue weighted by molar-refractivity contribution is 0.0729. The van der Waals surface area contributed by atoms with Crippen LogP contribution in [-0.2, 0) is 6.54 Å². The number of fused-ring (bicyclic) bond motifs is 1. The van der Waals surface area contributed by atoms with Gasteiger partial charge < -0.3 is 19.5 Å². The van der Waals surface area contributed by atoms with Crippen LogP contribution in [0.4, 0.5) is 0 Å². The quantitative estimate of drug-likeness (QED) is 0.274. The van der Waals surface area contributed by atoms with E-state index in [0.29, 0.717) is 48.2 Å². The van der Waals surface area contributed by atoms with E-state index in [-0.39, 0.29) is 11.7 Å². The zero-order valence-corrected chi connectivity index (χ0v) is 22.2. The molecule has 0 aliphatic carbocycles. The molecule has 4 aromatic rings. The lowest BCUT2D eigenvalue weighted by Crippen LogP contribution is -2.29. The third kappa shape index (κ3) is 4.60. The molecule has 1 atom stereocenters. The van der Waals surface area contributed by atoms with Crippen LogP contribution in [0, 0.1) is 13.8 Å². The number of carbonyl (C=O) groups excluding carboxylic acids is 1. The van der Waals surface area contributed by atoms with Crippen LogP contribution in [0.1, 0.15) is 64.6 Å². The fourth-order valence-corrected chi connectivity index (χ4v) is 5.22. The van der Waals surface area contributed by atoms with Crippen molar-refractivity contribution in [1.29, 1.82) is 0 Å². The number of benzene rings is 3. The Morgan fingerprint density at radius 1 is 1.00 bits per heavy atom. The third-order valence-corrected chi connectivity index (χ3v) is 6.80. The van der Waals surface area contributed by atoms with Crippen molar-refractivity contribution in [3.63, 3.8) is 0 Å². The second kappa shape index (κ2) is 10.6. The number of phenols is 1. The minimum absolute atomic E-state index is 0.138. The Morgan fingerprint density at radius 3 is 2.50 bits per heavy atom. The number of hydrogen-bond donors (Lipinski definition) is 2. The van der Waals surface area contributed by atoms with E-state index in [9.17, 15) is 9.90 Å². The van der Waals surface area contributed by atoms with Crippen molar-refractivity contribution in [2.75, 3.05) is 13.2 Å². The number of hydrogen-bond acceptors (Lipinski definition) is 5. The molecule has 1 aromatic heterocycles.